The van der Waals surface area contributed by atoms with Crippen molar-refractivity contribution in [1.82, 2.24) is 4.98 Å². The zero-order valence-corrected chi connectivity index (χ0v) is 18.1. The van der Waals surface area contributed by atoms with Crippen molar-refractivity contribution in [2.45, 2.75) is 18.9 Å². The van der Waals surface area contributed by atoms with Crippen molar-refractivity contribution in [3.63, 3.8) is 0 Å². The first kappa shape index (κ1) is 22.0. The normalized spacial score (nSPS) is 10.6. The first-order chi connectivity index (χ1) is 15.0. The summed E-state index contributed by atoms with van der Waals surface area (Å²) in [6.07, 6.45) is 3.63. The van der Waals surface area contributed by atoms with E-state index in [1.807, 2.05) is 54.6 Å². The van der Waals surface area contributed by atoms with Gasteiger partial charge in [0.2, 0.25) is 5.91 Å². The Bertz CT molecular complexity index is 1170. The van der Waals surface area contributed by atoms with Gasteiger partial charge in [0, 0.05) is 16.8 Å². The molecule has 1 amide bonds. The number of thioether (sulfide) groups is 1. The number of aryl methyl sites for hydroxylation is 1. The number of carbonyl (C=O) groups is 2. The molecule has 1 heterocycles. The van der Waals surface area contributed by atoms with Gasteiger partial charge in [0.25, 0.3) is 0 Å². The number of Topliss-reactive ketones (excluding diaryl/α,β-unsaturated/α-hetero) is 1. The average Bonchev–Trinajstić information content (AvgIpc) is 2.77. The van der Waals surface area contributed by atoms with Crippen LogP contribution in [-0.2, 0) is 4.79 Å². The van der Waals surface area contributed by atoms with E-state index in [0.717, 1.165) is 5.56 Å². The van der Waals surface area contributed by atoms with E-state index in [2.05, 4.69) is 16.4 Å². The van der Waals surface area contributed by atoms with Crippen molar-refractivity contribution in [2.75, 3.05) is 11.1 Å². The lowest BCUT2D eigenvalue weighted by molar-refractivity contribution is -0.113. The van der Waals surface area contributed by atoms with Crippen LogP contribution in [0, 0.1) is 18.3 Å². The van der Waals surface area contributed by atoms with Gasteiger partial charge >= 0.3 is 0 Å². The number of aromatic nitrogens is 1. The van der Waals surface area contributed by atoms with Crippen molar-refractivity contribution in [3.8, 4) is 6.07 Å². The highest BCUT2D eigenvalue weighted by atomic mass is 32.2. The number of nitriles is 1. The second-order valence-corrected chi connectivity index (χ2v) is 7.74. The zero-order valence-electron chi connectivity index (χ0n) is 17.3. The van der Waals surface area contributed by atoms with Crippen LogP contribution in [0.1, 0.15) is 39.7 Å². The van der Waals surface area contributed by atoms with E-state index in [1.165, 1.54) is 18.7 Å². The highest BCUT2D eigenvalue weighted by Gasteiger charge is 2.20. The molecular formula is C25H21N3O2S. The fourth-order valence-corrected chi connectivity index (χ4v) is 3.96. The number of hydrogen-bond donors (Lipinski definition) is 1. The predicted octanol–water partition coefficient (Wildman–Crippen LogP) is 5.37. The number of para-hydroxylation sites is 1. The quantitative estimate of drug-likeness (QED) is 0.405. The van der Waals surface area contributed by atoms with Crippen LogP contribution < -0.4 is 5.32 Å². The van der Waals surface area contributed by atoms with Crippen molar-refractivity contribution < 1.29 is 9.59 Å². The van der Waals surface area contributed by atoms with Gasteiger partial charge in [-0.15, -0.1) is 0 Å². The molecule has 0 saturated carbocycles. The third-order valence-corrected chi connectivity index (χ3v) is 5.46. The van der Waals surface area contributed by atoms with Crippen molar-refractivity contribution in [1.29, 1.82) is 5.26 Å². The summed E-state index contributed by atoms with van der Waals surface area (Å²) in [6.45, 7) is 3.21. The predicted molar refractivity (Wildman–Crippen MR) is 125 cm³/mol. The molecule has 0 radical (unpaired) electrons. The number of carbonyl (C=O) groups excluding carboxylic acids is 2. The van der Waals surface area contributed by atoms with Crippen LogP contribution in [0.15, 0.2) is 65.7 Å². The molecule has 0 fully saturated rings. The number of pyridine rings is 1. The summed E-state index contributed by atoms with van der Waals surface area (Å²) in [5.41, 5.74) is 3.42. The molecule has 0 bridgehead atoms. The Morgan fingerprint density at radius 1 is 1.06 bits per heavy atom. The Labute approximate surface area is 185 Å². The van der Waals surface area contributed by atoms with Crippen LogP contribution in [-0.4, -0.2) is 22.4 Å². The standard InChI is InChI=1S/C25H21N3O2S/c1-17-24(18(2)29)21(14-13-19-9-5-3-6-10-19)22(15-26)25(27-17)31-16-23(30)28-20-11-7-4-8-12-20/h3-14H,16H2,1-2H3,(H,28,30)/b14-13+. The molecule has 0 unspecified atom stereocenters. The maximum Gasteiger partial charge on any atom is 0.234 e. The molecular weight excluding hydrogens is 406 g/mol. The van der Waals surface area contributed by atoms with Gasteiger partial charge in [0.15, 0.2) is 5.78 Å². The number of amides is 1. The summed E-state index contributed by atoms with van der Waals surface area (Å²) in [6, 6.07) is 21.0. The van der Waals surface area contributed by atoms with Crippen molar-refractivity contribution in [3.05, 3.63) is 88.6 Å². The Morgan fingerprint density at radius 2 is 1.71 bits per heavy atom. The average molecular weight is 428 g/mol. The second kappa shape index (κ2) is 10.4. The number of nitrogens with one attached hydrogen (secondary N) is 1. The summed E-state index contributed by atoms with van der Waals surface area (Å²) < 4.78 is 0. The highest BCUT2D eigenvalue weighted by molar-refractivity contribution is 8.00. The van der Waals surface area contributed by atoms with Crippen LogP contribution >= 0.6 is 11.8 Å². The van der Waals surface area contributed by atoms with E-state index >= 15 is 0 Å². The molecule has 6 heteroatoms. The fraction of sp³-hybridized carbons (Fsp3) is 0.120. The van der Waals surface area contributed by atoms with Crippen LogP contribution in [0.5, 0.6) is 0 Å². The lowest BCUT2D eigenvalue weighted by atomic mass is 9.98. The number of rotatable bonds is 7. The molecule has 2 aromatic carbocycles. The molecule has 0 aliphatic rings. The molecule has 1 N–H and O–H groups in total. The second-order valence-electron chi connectivity index (χ2n) is 6.78. The van der Waals surface area contributed by atoms with Gasteiger partial charge in [-0.1, -0.05) is 72.4 Å². The topological polar surface area (TPSA) is 82.8 Å². The monoisotopic (exact) mass is 427 g/mol. The van der Waals surface area contributed by atoms with Crippen molar-refractivity contribution in [2.24, 2.45) is 0 Å². The molecule has 0 aliphatic heterocycles. The molecule has 154 valence electrons. The van der Waals surface area contributed by atoms with Gasteiger partial charge in [-0.2, -0.15) is 5.26 Å². The Morgan fingerprint density at radius 3 is 2.32 bits per heavy atom. The SMILES string of the molecule is CC(=O)c1c(C)nc(SCC(=O)Nc2ccccc2)c(C#N)c1/C=C/c1ccccc1. The van der Waals surface area contributed by atoms with Crippen LogP contribution in [0.4, 0.5) is 5.69 Å². The minimum Gasteiger partial charge on any atom is -0.325 e. The minimum atomic E-state index is -0.198. The Hall–Kier alpha value is -3.69. The lowest BCUT2D eigenvalue weighted by Crippen LogP contribution is -2.14. The highest BCUT2D eigenvalue weighted by Crippen LogP contribution is 2.29. The van der Waals surface area contributed by atoms with Gasteiger partial charge in [-0.3, -0.25) is 9.59 Å². The van der Waals surface area contributed by atoms with Crippen molar-refractivity contribution >= 4 is 41.3 Å². The van der Waals surface area contributed by atoms with Gasteiger partial charge < -0.3 is 5.32 Å². The summed E-state index contributed by atoms with van der Waals surface area (Å²) >= 11 is 1.18. The fourth-order valence-electron chi connectivity index (χ4n) is 3.12. The minimum absolute atomic E-state index is 0.0945. The van der Waals surface area contributed by atoms with Crippen LogP contribution in [0.2, 0.25) is 0 Å². The first-order valence-corrected chi connectivity index (χ1v) is 10.6. The summed E-state index contributed by atoms with van der Waals surface area (Å²) in [4.78, 5) is 29.1. The lowest BCUT2D eigenvalue weighted by Gasteiger charge is -2.13. The molecule has 0 atom stereocenters. The number of benzene rings is 2. The molecule has 31 heavy (non-hydrogen) atoms. The van der Waals surface area contributed by atoms with Gasteiger partial charge in [0.05, 0.1) is 17.0 Å². The number of anilines is 1. The molecule has 0 aliphatic carbocycles. The summed E-state index contributed by atoms with van der Waals surface area (Å²) in [5, 5.41) is 13.1. The van der Waals surface area contributed by atoms with Gasteiger partial charge in [0.1, 0.15) is 11.1 Å². The first-order valence-electron chi connectivity index (χ1n) is 9.66. The Kier molecular flexibility index (Phi) is 7.36. The summed E-state index contributed by atoms with van der Waals surface area (Å²) in [7, 11) is 0. The van der Waals surface area contributed by atoms with E-state index in [1.54, 1.807) is 25.1 Å². The number of ketones is 1. The van der Waals surface area contributed by atoms with Gasteiger partial charge in [-0.05, 0) is 31.5 Å². The number of hydrogen-bond acceptors (Lipinski definition) is 5. The van der Waals surface area contributed by atoms with E-state index < -0.39 is 0 Å². The molecule has 0 saturated heterocycles. The maximum absolute atomic E-state index is 12.3. The Balaban J connectivity index is 1.91. The van der Waals surface area contributed by atoms with E-state index in [4.69, 9.17) is 0 Å². The van der Waals surface area contributed by atoms with Crippen LogP contribution in [0.3, 0.4) is 0 Å². The van der Waals surface area contributed by atoms with Crippen LogP contribution in [0.25, 0.3) is 12.2 Å². The molecule has 3 aromatic rings. The maximum atomic E-state index is 12.3. The zero-order chi connectivity index (χ0) is 22.2. The molecule has 5 nitrogen and oxygen atoms in total. The summed E-state index contributed by atoms with van der Waals surface area (Å²) in [5.74, 6) is -0.263. The third kappa shape index (κ3) is 5.68. The smallest absolute Gasteiger partial charge is 0.234 e. The third-order valence-electron chi connectivity index (χ3n) is 4.49. The number of nitrogens with zero attached hydrogens (tertiary/aromatic N) is 2. The van der Waals surface area contributed by atoms with E-state index in [9.17, 15) is 14.9 Å². The van der Waals surface area contributed by atoms with E-state index in [-0.39, 0.29) is 17.4 Å². The van der Waals surface area contributed by atoms with Gasteiger partial charge in [-0.25, -0.2) is 4.98 Å². The largest absolute Gasteiger partial charge is 0.325 e. The molecule has 0 spiro atoms. The van der Waals surface area contributed by atoms with E-state index in [0.29, 0.717) is 33.1 Å². The molecule has 3 rings (SSSR count). The molecule has 1 aromatic heterocycles.